The van der Waals surface area contributed by atoms with Gasteiger partial charge in [-0.25, -0.2) is 9.97 Å². The van der Waals surface area contributed by atoms with E-state index in [1.165, 1.54) is 41.7 Å². The van der Waals surface area contributed by atoms with E-state index in [9.17, 15) is 0 Å². The second kappa shape index (κ2) is 8.44. The van der Waals surface area contributed by atoms with E-state index in [2.05, 4.69) is 114 Å². The fourth-order valence-electron chi connectivity index (χ4n) is 7.44. The summed E-state index contributed by atoms with van der Waals surface area (Å²) >= 11 is 1.87. The highest BCUT2D eigenvalue weighted by Gasteiger charge is 2.23. The van der Waals surface area contributed by atoms with Gasteiger partial charge in [0.15, 0.2) is 0 Å². The van der Waals surface area contributed by atoms with Crippen LogP contribution in [0.3, 0.4) is 0 Å². The maximum Gasteiger partial charge on any atom is 0.235 e. The lowest BCUT2D eigenvalue weighted by atomic mass is 10.00. The Hall–Kier alpha value is -5.78. The first kappa shape index (κ1) is 23.6. The Bertz CT molecular complexity index is 2900. The first-order chi connectivity index (χ1) is 22.3. The summed E-state index contributed by atoms with van der Waals surface area (Å²) in [5.74, 6) is 0.662. The van der Waals surface area contributed by atoms with Gasteiger partial charge < -0.3 is 4.42 Å². The van der Waals surface area contributed by atoms with Gasteiger partial charge in [0.05, 0.1) is 22.2 Å². The third-order valence-electron chi connectivity index (χ3n) is 9.37. The quantitative estimate of drug-likeness (QED) is 0.201. The molecule has 0 radical (unpaired) electrons. The van der Waals surface area contributed by atoms with Crippen LogP contribution in [0.2, 0.25) is 0 Å². The van der Waals surface area contributed by atoms with Gasteiger partial charge in [-0.15, -0.1) is 11.3 Å². The second-order valence-electron chi connectivity index (χ2n) is 11.8. The minimum Gasteiger partial charge on any atom is -0.456 e. The highest BCUT2D eigenvalue weighted by molar-refractivity contribution is 7.24. The van der Waals surface area contributed by atoms with Gasteiger partial charge in [0.1, 0.15) is 11.2 Å². The third-order valence-corrected chi connectivity index (χ3v) is 10.5. The summed E-state index contributed by atoms with van der Waals surface area (Å²) in [4.78, 5) is 10.6. The normalized spacial score (nSPS) is 12.4. The molecule has 45 heavy (non-hydrogen) atoms. The first-order valence-corrected chi connectivity index (χ1v) is 15.9. The van der Waals surface area contributed by atoms with Gasteiger partial charge in [0, 0.05) is 52.7 Å². The first-order valence-electron chi connectivity index (χ1n) is 15.1. The highest BCUT2D eigenvalue weighted by Crippen LogP contribution is 2.46. The molecule has 4 heterocycles. The average Bonchev–Trinajstić information content (AvgIpc) is 3.58. The van der Waals surface area contributed by atoms with Crippen molar-refractivity contribution in [2.24, 2.45) is 0 Å². The van der Waals surface area contributed by atoms with Crippen molar-refractivity contribution < 1.29 is 4.42 Å². The predicted octanol–water partition coefficient (Wildman–Crippen LogP) is 11.3. The Morgan fingerprint density at radius 3 is 1.93 bits per heavy atom. The highest BCUT2D eigenvalue weighted by atomic mass is 32.1. The number of hydrogen-bond acceptors (Lipinski definition) is 4. The minimum absolute atomic E-state index is 0.662. The second-order valence-corrected chi connectivity index (χ2v) is 12.8. The van der Waals surface area contributed by atoms with Crippen LogP contribution in [-0.2, 0) is 0 Å². The van der Waals surface area contributed by atoms with Crippen molar-refractivity contribution >= 4 is 96.9 Å². The Kier molecular flexibility index (Phi) is 4.43. The van der Waals surface area contributed by atoms with Crippen molar-refractivity contribution in [3.05, 3.63) is 127 Å². The van der Waals surface area contributed by atoms with Crippen LogP contribution in [0.1, 0.15) is 0 Å². The maximum atomic E-state index is 6.29. The van der Waals surface area contributed by atoms with E-state index in [-0.39, 0.29) is 0 Å². The van der Waals surface area contributed by atoms with Gasteiger partial charge in [-0.2, -0.15) is 0 Å². The summed E-state index contributed by atoms with van der Waals surface area (Å²) in [5.41, 5.74) is 6.77. The standard InChI is InChI=1S/C40H21N3OS/c1-3-11-28-27(10-1)39(24-15-18-26-25-9-2-4-12-31(25)44-32(26)21-24)42-40(41-28)43-29-19-16-22-7-5-13-33-35(22)37(29)38-30(43)20-17-23-8-6-14-34(45-33)36(23)38/h1-21H. The number of fused-ring (bicyclic) bond motifs is 4. The molecule has 0 aliphatic rings. The smallest absolute Gasteiger partial charge is 0.235 e. The molecule has 7 aromatic carbocycles. The van der Waals surface area contributed by atoms with E-state index in [0.717, 1.165) is 55.1 Å². The van der Waals surface area contributed by atoms with Gasteiger partial charge >= 0.3 is 0 Å². The monoisotopic (exact) mass is 591 g/mol. The van der Waals surface area contributed by atoms with Crippen molar-refractivity contribution in [1.82, 2.24) is 14.5 Å². The van der Waals surface area contributed by atoms with Crippen LogP contribution in [0.15, 0.2) is 132 Å². The van der Waals surface area contributed by atoms with Crippen LogP contribution >= 0.6 is 11.3 Å². The van der Waals surface area contributed by atoms with Crippen LogP contribution in [0.25, 0.3) is 103 Å². The fourth-order valence-corrected chi connectivity index (χ4v) is 8.61. The molecule has 208 valence electrons. The van der Waals surface area contributed by atoms with E-state index >= 15 is 0 Å². The number of rotatable bonds is 2. The summed E-state index contributed by atoms with van der Waals surface area (Å²) in [6, 6.07) is 45.1. The third kappa shape index (κ3) is 3.10. The molecule has 4 nitrogen and oxygen atoms in total. The fraction of sp³-hybridized carbons (Fsp3) is 0. The number of hydrogen-bond donors (Lipinski definition) is 0. The van der Waals surface area contributed by atoms with E-state index in [0.29, 0.717) is 5.95 Å². The molecule has 5 heteroatoms. The molecule has 0 bridgehead atoms. The number of benzene rings is 7. The van der Waals surface area contributed by atoms with Crippen molar-refractivity contribution in [2.75, 3.05) is 0 Å². The molecular weight excluding hydrogens is 571 g/mol. The van der Waals surface area contributed by atoms with Gasteiger partial charge in [0.2, 0.25) is 5.95 Å². The molecule has 11 rings (SSSR count). The lowest BCUT2D eigenvalue weighted by Gasteiger charge is -2.12. The van der Waals surface area contributed by atoms with Gasteiger partial charge in [-0.1, -0.05) is 78.9 Å². The van der Waals surface area contributed by atoms with E-state index in [4.69, 9.17) is 14.4 Å². The minimum atomic E-state index is 0.662. The van der Waals surface area contributed by atoms with Crippen LogP contribution in [0, 0.1) is 0 Å². The van der Waals surface area contributed by atoms with Crippen molar-refractivity contribution in [1.29, 1.82) is 0 Å². The Morgan fingerprint density at radius 1 is 0.511 bits per heavy atom. The summed E-state index contributed by atoms with van der Waals surface area (Å²) in [7, 11) is 0. The SMILES string of the molecule is c1ccc2c(-c3ccc4c(c3)oc3ccccc34)nc(-n3c4ccc5cccc6sc7cccc8ccc3c(c87)c4c56)nc2c1. The molecule has 0 spiro atoms. The van der Waals surface area contributed by atoms with Crippen molar-refractivity contribution in [2.45, 2.75) is 0 Å². The zero-order valence-electron chi connectivity index (χ0n) is 23.8. The molecule has 0 amide bonds. The number of para-hydroxylation sites is 2. The van der Waals surface area contributed by atoms with Crippen LogP contribution in [-0.4, -0.2) is 14.5 Å². The molecule has 0 atom stereocenters. The zero-order chi connectivity index (χ0) is 29.2. The number of aromatic nitrogens is 3. The summed E-state index contributed by atoms with van der Waals surface area (Å²) in [6.45, 7) is 0. The molecule has 0 aliphatic heterocycles. The summed E-state index contributed by atoms with van der Waals surface area (Å²) < 4.78 is 11.1. The molecular formula is C40H21N3OS. The molecule has 4 aromatic heterocycles. The van der Waals surface area contributed by atoms with Gasteiger partial charge in [0.25, 0.3) is 0 Å². The Labute approximate surface area is 259 Å². The van der Waals surface area contributed by atoms with E-state index in [1.807, 2.05) is 29.5 Å². The molecule has 0 saturated carbocycles. The largest absolute Gasteiger partial charge is 0.456 e. The molecule has 11 aromatic rings. The molecule has 0 unspecified atom stereocenters. The van der Waals surface area contributed by atoms with E-state index < -0.39 is 0 Å². The Morgan fingerprint density at radius 2 is 1.18 bits per heavy atom. The summed E-state index contributed by atoms with van der Waals surface area (Å²) in [6.07, 6.45) is 0. The lowest BCUT2D eigenvalue weighted by molar-refractivity contribution is 0.669. The number of furan rings is 1. The zero-order valence-corrected chi connectivity index (χ0v) is 24.6. The van der Waals surface area contributed by atoms with Crippen molar-refractivity contribution in [3.63, 3.8) is 0 Å². The Balaban J connectivity index is 1.28. The van der Waals surface area contributed by atoms with Gasteiger partial charge in [-0.3, -0.25) is 4.57 Å². The summed E-state index contributed by atoms with van der Waals surface area (Å²) in [5, 5.41) is 10.9. The lowest BCUT2D eigenvalue weighted by Crippen LogP contribution is -2.03. The predicted molar refractivity (Wildman–Crippen MR) is 188 cm³/mol. The van der Waals surface area contributed by atoms with Crippen LogP contribution in [0.5, 0.6) is 0 Å². The number of nitrogens with zero attached hydrogens (tertiary/aromatic N) is 3. The molecule has 0 N–H and O–H groups in total. The van der Waals surface area contributed by atoms with Gasteiger partial charge in [-0.05, 0) is 59.3 Å². The van der Waals surface area contributed by atoms with Crippen LogP contribution in [0.4, 0.5) is 0 Å². The van der Waals surface area contributed by atoms with Crippen LogP contribution < -0.4 is 0 Å². The molecule has 0 saturated heterocycles. The topological polar surface area (TPSA) is 43.9 Å². The molecule has 0 fully saturated rings. The van der Waals surface area contributed by atoms with E-state index in [1.54, 1.807) is 0 Å². The average molecular weight is 592 g/mol. The maximum absolute atomic E-state index is 6.29. The molecule has 0 aliphatic carbocycles. The van der Waals surface area contributed by atoms with Crippen molar-refractivity contribution in [3.8, 4) is 17.2 Å².